The molecule has 0 radical (unpaired) electrons. The van der Waals surface area contributed by atoms with Gasteiger partial charge in [-0.2, -0.15) is 13.2 Å². The number of rotatable bonds is 10. The van der Waals surface area contributed by atoms with Crippen molar-refractivity contribution in [1.82, 2.24) is 9.88 Å². The maximum absolute atomic E-state index is 15.5. The van der Waals surface area contributed by atoms with E-state index >= 15 is 4.39 Å². The normalized spacial score (nSPS) is 18.5. The van der Waals surface area contributed by atoms with Crippen molar-refractivity contribution in [1.29, 1.82) is 0 Å². The number of hydrogen-bond acceptors (Lipinski definition) is 6. The number of aromatic nitrogens is 1. The summed E-state index contributed by atoms with van der Waals surface area (Å²) < 4.78 is 95.6. The molecule has 2 heterocycles. The fraction of sp³-hybridized carbons (Fsp3) is 0.567. The van der Waals surface area contributed by atoms with Crippen LogP contribution in [0.5, 0.6) is 11.6 Å². The molecule has 14 heteroatoms. The summed E-state index contributed by atoms with van der Waals surface area (Å²) in [4.78, 5) is 32.1. The Kier molecular flexibility index (Phi) is 10.4. The molecule has 1 aliphatic carbocycles. The Labute approximate surface area is 250 Å². The zero-order valence-electron chi connectivity index (χ0n) is 24.4. The molecule has 1 atom stereocenters. The molecule has 1 aromatic carbocycles. The Bertz CT molecular complexity index is 1350. The van der Waals surface area contributed by atoms with E-state index in [0.29, 0.717) is 18.9 Å². The predicted molar refractivity (Wildman–Crippen MR) is 148 cm³/mol. The number of pyridine rings is 1. The molecule has 2 fully saturated rings. The van der Waals surface area contributed by atoms with Crippen LogP contribution in [0.15, 0.2) is 24.4 Å². The molecule has 2 aliphatic rings. The van der Waals surface area contributed by atoms with Crippen LogP contribution in [0.25, 0.3) is 0 Å². The molecule has 0 unspecified atom stereocenters. The molecular weight excluding hydrogens is 596 g/mol. The average molecular weight is 632 g/mol. The molecule has 0 spiro atoms. The fourth-order valence-electron chi connectivity index (χ4n) is 5.84. The van der Waals surface area contributed by atoms with Crippen LogP contribution in [-0.2, 0) is 22.3 Å². The van der Waals surface area contributed by atoms with Crippen LogP contribution < -0.4 is 9.64 Å². The number of aromatic carboxylic acids is 1. The summed E-state index contributed by atoms with van der Waals surface area (Å²) in [6.45, 7) is 1.07. The Morgan fingerprint density at radius 3 is 2.48 bits per heavy atom. The van der Waals surface area contributed by atoms with Crippen LogP contribution in [0.4, 0.5) is 32.0 Å². The van der Waals surface area contributed by atoms with Crippen molar-refractivity contribution in [3.05, 3.63) is 46.9 Å². The van der Waals surface area contributed by atoms with E-state index in [9.17, 15) is 36.6 Å². The van der Waals surface area contributed by atoms with Crippen molar-refractivity contribution in [2.45, 2.75) is 76.6 Å². The highest BCUT2D eigenvalue weighted by Gasteiger charge is 2.39. The summed E-state index contributed by atoms with van der Waals surface area (Å²) in [5.74, 6) is -8.43. The lowest BCUT2D eigenvalue weighted by molar-refractivity contribution is -0.139. The number of carboxylic acids is 1. The van der Waals surface area contributed by atoms with Crippen molar-refractivity contribution < 1.29 is 50.5 Å². The van der Waals surface area contributed by atoms with Gasteiger partial charge >= 0.3 is 12.1 Å². The lowest BCUT2D eigenvalue weighted by atomic mass is 9.87. The predicted octanol–water partition coefficient (Wildman–Crippen LogP) is 6.91. The molecule has 8 nitrogen and oxygen atoms in total. The highest BCUT2D eigenvalue weighted by molar-refractivity contribution is 6.03. The average Bonchev–Trinajstić information content (AvgIpc) is 2.94. The van der Waals surface area contributed by atoms with E-state index in [1.165, 1.54) is 16.9 Å². The number of carbonyl (C=O) groups is 2. The van der Waals surface area contributed by atoms with E-state index in [1.54, 1.807) is 6.92 Å². The van der Waals surface area contributed by atoms with Gasteiger partial charge in [-0.3, -0.25) is 9.69 Å². The zero-order chi connectivity index (χ0) is 32.2. The van der Waals surface area contributed by atoms with Crippen LogP contribution in [0.2, 0.25) is 0 Å². The van der Waals surface area contributed by atoms with Crippen molar-refractivity contribution in [2.24, 2.45) is 5.92 Å². The van der Waals surface area contributed by atoms with Crippen LogP contribution in [0.3, 0.4) is 0 Å². The van der Waals surface area contributed by atoms with E-state index in [0.717, 1.165) is 37.6 Å². The van der Waals surface area contributed by atoms with Gasteiger partial charge in [0.25, 0.3) is 5.92 Å². The van der Waals surface area contributed by atoms with E-state index < -0.39 is 71.1 Å². The lowest BCUT2D eigenvalue weighted by Crippen LogP contribution is -2.45. The van der Waals surface area contributed by atoms with Crippen LogP contribution in [0.1, 0.15) is 73.4 Å². The first kappa shape index (κ1) is 33.5. The first-order valence-corrected chi connectivity index (χ1v) is 14.4. The number of carboxylic acid groups (broad SMARTS) is 1. The molecule has 2 aromatic rings. The summed E-state index contributed by atoms with van der Waals surface area (Å²) in [6.07, 6.45) is -0.366. The second-order valence-corrected chi connectivity index (χ2v) is 11.4. The number of carbonyl (C=O) groups excluding carboxylic acids is 1. The number of halogens is 6. The number of methoxy groups -OCH3 is 1. The minimum absolute atomic E-state index is 0.00609. The second kappa shape index (κ2) is 13.7. The molecule has 1 aliphatic heterocycles. The van der Waals surface area contributed by atoms with Gasteiger partial charge in [-0.05, 0) is 44.4 Å². The molecule has 44 heavy (non-hydrogen) atoms. The smallest absolute Gasteiger partial charge is 0.421 e. The Morgan fingerprint density at radius 2 is 1.86 bits per heavy atom. The number of benzene rings is 1. The first-order valence-electron chi connectivity index (χ1n) is 14.4. The largest absolute Gasteiger partial charge is 0.478 e. The van der Waals surface area contributed by atoms with Gasteiger partial charge in [0.2, 0.25) is 11.8 Å². The Balaban J connectivity index is 1.69. The molecular formula is C30H35F6N3O5. The molecule has 1 amide bonds. The van der Waals surface area contributed by atoms with Gasteiger partial charge in [-0.15, -0.1) is 0 Å². The van der Waals surface area contributed by atoms with Gasteiger partial charge in [0.05, 0.1) is 30.4 Å². The SMILES string of the molecule is COC[C@H](C)N(C(=O)C1CCCCC1)c1cc(F)c(Oc2ncc(CN3CCCC(F)(F)C3)cc2C(F)(F)F)cc1C(=O)O. The molecule has 1 N–H and O–H groups in total. The van der Waals surface area contributed by atoms with Crippen molar-refractivity contribution in [3.63, 3.8) is 0 Å². The van der Waals surface area contributed by atoms with E-state index in [4.69, 9.17) is 9.47 Å². The Morgan fingerprint density at radius 1 is 1.16 bits per heavy atom. The van der Waals surface area contributed by atoms with Gasteiger partial charge in [0, 0.05) is 44.3 Å². The quantitative estimate of drug-likeness (QED) is 0.285. The van der Waals surface area contributed by atoms with Crippen LogP contribution in [-0.4, -0.2) is 65.6 Å². The number of alkyl halides is 5. The van der Waals surface area contributed by atoms with E-state index in [2.05, 4.69) is 4.98 Å². The number of ether oxygens (including phenoxy) is 2. The number of piperidine rings is 1. The lowest BCUT2D eigenvalue weighted by Gasteiger charge is -2.34. The number of amides is 1. The topological polar surface area (TPSA) is 92.2 Å². The molecule has 1 aromatic heterocycles. The zero-order valence-corrected chi connectivity index (χ0v) is 24.4. The number of likely N-dealkylation sites (tertiary alicyclic amines) is 1. The minimum Gasteiger partial charge on any atom is -0.478 e. The minimum atomic E-state index is -5.02. The first-order chi connectivity index (χ1) is 20.7. The van der Waals surface area contributed by atoms with Gasteiger partial charge in [0.15, 0.2) is 11.6 Å². The van der Waals surface area contributed by atoms with Crippen molar-refractivity contribution >= 4 is 17.6 Å². The van der Waals surface area contributed by atoms with Gasteiger partial charge in [-0.1, -0.05) is 19.3 Å². The maximum atomic E-state index is 15.5. The van der Waals surface area contributed by atoms with Gasteiger partial charge in [0.1, 0.15) is 5.56 Å². The highest BCUT2D eigenvalue weighted by Crippen LogP contribution is 2.40. The highest BCUT2D eigenvalue weighted by atomic mass is 19.4. The second-order valence-electron chi connectivity index (χ2n) is 11.4. The monoisotopic (exact) mass is 631 g/mol. The van der Waals surface area contributed by atoms with Crippen LogP contribution >= 0.6 is 0 Å². The van der Waals surface area contributed by atoms with Crippen molar-refractivity contribution in [3.8, 4) is 11.6 Å². The van der Waals surface area contributed by atoms with Crippen LogP contribution in [0, 0.1) is 11.7 Å². The summed E-state index contributed by atoms with van der Waals surface area (Å²) in [5.41, 5.74) is -2.24. The molecule has 4 rings (SSSR count). The van der Waals surface area contributed by atoms with E-state index in [1.807, 2.05) is 0 Å². The third-order valence-corrected chi connectivity index (χ3v) is 7.88. The maximum Gasteiger partial charge on any atom is 0.421 e. The van der Waals surface area contributed by atoms with Gasteiger partial charge < -0.3 is 19.5 Å². The number of hydrogen-bond donors (Lipinski definition) is 1. The Hall–Kier alpha value is -3.39. The number of nitrogens with zero attached hydrogens (tertiary/aromatic N) is 3. The fourth-order valence-corrected chi connectivity index (χ4v) is 5.84. The molecule has 1 saturated carbocycles. The van der Waals surface area contributed by atoms with Gasteiger partial charge in [-0.25, -0.2) is 22.9 Å². The third-order valence-electron chi connectivity index (χ3n) is 7.88. The van der Waals surface area contributed by atoms with Crippen molar-refractivity contribution in [2.75, 3.05) is 31.7 Å². The van der Waals surface area contributed by atoms with E-state index in [-0.39, 0.29) is 43.8 Å². The summed E-state index contributed by atoms with van der Waals surface area (Å²) >= 11 is 0. The number of anilines is 1. The summed E-state index contributed by atoms with van der Waals surface area (Å²) in [5, 5.41) is 10.0. The standard InChI is InChI=1S/C30H35F6N3O5/c1-18(16-43-2)39(27(40)20-7-4-3-5-8-20)24-13-23(31)25(12-21(24)28(41)42)44-26-22(30(34,35)36)11-19(14-37-26)15-38-10-6-9-29(32,33)17-38/h11-14,18,20H,3-10,15-17H2,1-2H3,(H,41,42)/t18-/m0/s1. The molecule has 0 bridgehead atoms. The molecule has 242 valence electrons. The molecule has 1 saturated heterocycles. The summed E-state index contributed by atoms with van der Waals surface area (Å²) in [6, 6.07) is 1.48. The summed E-state index contributed by atoms with van der Waals surface area (Å²) in [7, 11) is 1.40. The third kappa shape index (κ3) is 8.00.